The van der Waals surface area contributed by atoms with Crippen molar-refractivity contribution in [1.29, 1.82) is 0 Å². The molecule has 0 unspecified atom stereocenters. The number of thioether (sulfide) groups is 1. The number of carbonyl (C=O) groups excluding carboxylic acids is 1. The molecule has 4 aromatic rings. The van der Waals surface area contributed by atoms with E-state index in [0.29, 0.717) is 45.0 Å². The lowest BCUT2D eigenvalue weighted by atomic mass is 10.1. The normalized spacial score (nSPS) is 11.4. The number of alkyl halides is 2. The number of nitrogens with one attached hydrogen (secondary N) is 3. The van der Waals surface area contributed by atoms with Gasteiger partial charge in [-0.1, -0.05) is 30.0 Å². The van der Waals surface area contributed by atoms with E-state index in [-0.39, 0.29) is 11.4 Å². The van der Waals surface area contributed by atoms with Crippen LogP contribution in [0.25, 0.3) is 0 Å². The molecule has 0 saturated heterocycles. The lowest BCUT2D eigenvalue weighted by molar-refractivity contribution is 0.102. The van der Waals surface area contributed by atoms with Crippen molar-refractivity contribution in [2.75, 3.05) is 10.6 Å². The molecule has 0 radical (unpaired) electrons. The molecule has 3 aromatic carbocycles. The van der Waals surface area contributed by atoms with Crippen molar-refractivity contribution in [2.24, 2.45) is 0 Å². The molecule has 0 aliphatic heterocycles. The van der Waals surface area contributed by atoms with Crippen LogP contribution in [0.2, 0.25) is 0 Å². The van der Waals surface area contributed by atoms with Gasteiger partial charge in [0.15, 0.2) is 0 Å². The van der Waals surface area contributed by atoms with Crippen LogP contribution in [0.15, 0.2) is 105 Å². The molecule has 186 valence electrons. The number of hydrogen-bond donors (Lipinski definition) is 3. The Morgan fingerprint density at radius 1 is 0.917 bits per heavy atom. The van der Waals surface area contributed by atoms with Crippen LogP contribution in [0, 0.1) is 0 Å². The smallest absolute Gasteiger partial charge is 0.288 e. The van der Waals surface area contributed by atoms with Gasteiger partial charge in [-0.15, -0.1) is 0 Å². The number of hydrogen-bond acceptors (Lipinski definition) is 6. The standard InChI is InChI=1S/C25H21F2N3O4S2/c26-25(27)35-20-12-10-17(11-13-20)29-23-9-2-1-8-22(23)24(31)30-18-5-3-7-21(15-18)36(32,33)28-16-19-6-4-14-34-19/h1-15,25,28-29H,16H2,(H,30,31). The highest BCUT2D eigenvalue weighted by atomic mass is 32.2. The van der Waals surface area contributed by atoms with Gasteiger partial charge in [0.1, 0.15) is 5.76 Å². The predicted octanol–water partition coefficient (Wildman–Crippen LogP) is 6.07. The molecule has 1 amide bonds. The summed E-state index contributed by atoms with van der Waals surface area (Å²) in [5, 5.41) is 5.83. The van der Waals surface area contributed by atoms with Crippen molar-refractivity contribution in [3.8, 4) is 0 Å². The monoisotopic (exact) mass is 529 g/mol. The highest BCUT2D eigenvalue weighted by Gasteiger charge is 2.17. The molecule has 0 aliphatic carbocycles. The molecule has 0 atom stereocenters. The number of furan rings is 1. The van der Waals surface area contributed by atoms with E-state index in [1.165, 1.54) is 24.5 Å². The molecule has 0 fully saturated rings. The first-order chi connectivity index (χ1) is 17.3. The molecule has 0 aliphatic rings. The van der Waals surface area contributed by atoms with Gasteiger partial charge in [0.25, 0.3) is 11.7 Å². The van der Waals surface area contributed by atoms with E-state index in [1.807, 2.05) is 0 Å². The SMILES string of the molecule is O=C(Nc1cccc(S(=O)(=O)NCc2ccco2)c1)c1ccccc1Nc1ccc(SC(F)F)cc1. The predicted molar refractivity (Wildman–Crippen MR) is 135 cm³/mol. The quantitative estimate of drug-likeness (QED) is 0.216. The first kappa shape index (κ1) is 25.4. The zero-order valence-electron chi connectivity index (χ0n) is 18.7. The fourth-order valence-corrected chi connectivity index (χ4v) is 4.81. The summed E-state index contributed by atoms with van der Waals surface area (Å²) in [6, 6.07) is 22.4. The Balaban J connectivity index is 1.46. The minimum absolute atomic E-state index is 0.00717. The first-order valence-corrected chi connectivity index (χ1v) is 13.0. The summed E-state index contributed by atoms with van der Waals surface area (Å²) >= 11 is 0.451. The van der Waals surface area contributed by atoms with Crippen LogP contribution in [0.3, 0.4) is 0 Å². The molecule has 36 heavy (non-hydrogen) atoms. The molecular weight excluding hydrogens is 508 g/mol. The molecule has 1 aromatic heterocycles. The van der Waals surface area contributed by atoms with Gasteiger partial charge in [0.2, 0.25) is 10.0 Å². The van der Waals surface area contributed by atoms with Gasteiger partial charge in [0, 0.05) is 16.3 Å². The summed E-state index contributed by atoms with van der Waals surface area (Å²) in [6.45, 7) is -0.00717. The Labute approximate surface area is 211 Å². The van der Waals surface area contributed by atoms with Crippen LogP contribution < -0.4 is 15.4 Å². The third-order valence-electron chi connectivity index (χ3n) is 4.95. The molecule has 7 nitrogen and oxygen atoms in total. The zero-order valence-corrected chi connectivity index (χ0v) is 20.3. The highest BCUT2D eigenvalue weighted by molar-refractivity contribution is 7.99. The molecule has 1 heterocycles. The molecule has 11 heteroatoms. The van der Waals surface area contributed by atoms with Crippen LogP contribution >= 0.6 is 11.8 Å². The van der Waals surface area contributed by atoms with Crippen molar-refractivity contribution in [3.63, 3.8) is 0 Å². The maximum absolute atomic E-state index is 13.0. The van der Waals surface area contributed by atoms with Crippen molar-refractivity contribution in [3.05, 3.63) is 103 Å². The van der Waals surface area contributed by atoms with E-state index < -0.39 is 21.7 Å². The summed E-state index contributed by atoms with van der Waals surface area (Å²) in [6.07, 6.45) is 1.45. The zero-order chi connectivity index (χ0) is 25.5. The molecule has 0 spiro atoms. The molecule has 3 N–H and O–H groups in total. The van der Waals surface area contributed by atoms with Gasteiger partial charge in [-0.25, -0.2) is 13.1 Å². The molecular formula is C25H21F2N3O4S2. The van der Waals surface area contributed by atoms with E-state index in [1.54, 1.807) is 66.7 Å². The van der Waals surface area contributed by atoms with E-state index >= 15 is 0 Å². The minimum Gasteiger partial charge on any atom is -0.468 e. The number of para-hydroxylation sites is 1. The summed E-state index contributed by atoms with van der Waals surface area (Å²) in [5.74, 6) is -2.50. The number of benzene rings is 3. The largest absolute Gasteiger partial charge is 0.468 e. The Morgan fingerprint density at radius 2 is 1.69 bits per heavy atom. The number of rotatable bonds is 10. The molecule has 0 saturated carbocycles. The summed E-state index contributed by atoms with van der Waals surface area (Å²) in [7, 11) is -3.84. The summed E-state index contributed by atoms with van der Waals surface area (Å²) < 4.78 is 58.0. The second-order valence-electron chi connectivity index (χ2n) is 7.46. The van der Waals surface area contributed by atoms with Crippen molar-refractivity contribution < 1.29 is 26.4 Å². The Kier molecular flexibility index (Phi) is 8.04. The van der Waals surface area contributed by atoms with Crippen LogP contribution in [-0.4, -0.2) is 20.1 Å². The van der Waals surface area contributed by atoms with Crippen molar-refractivity contribution in [1.82, 2.24) is 4.72 Å². The van der Waals surface area contributed by atoms with Gasteiger partial charge in [-0.2, -0.15) is 8.78 Å². The second-order valence-corrected chi connectivity index (χ2v) is 10.3. The van der Waals surface area contributed by atoms with Gasteiger partial charge in [-0.05, 0) is 66.7 Å². The first-order valence-electron chi connectivity index (χ1n) is 10.6. The number of anilines is 3. The summed E-state index contributed by atoms with van der Waals surface area (Å²) in [4.78, 5) is 13.4. The Morgan fingerprint density at radius 3 is 2.42 bits per heavy atom. The lowest BCUT2D eigenvalue weighted by Gasteiger charge is -2.13. The molecule has 4 rings (SSSR count). The fourth-order valence-electron chi connectivity index (χ4n) is 3.27. The summed E-state index contributed by atoms with van der Waals surface area (Å²) in [5.41, 5.74) is 1.72. The minimum atomic E-state index is -3.84. The van der Waals surface area contributed by atoms with E-state index in [0.717, 1.165) is 0 Å². The molecule has 0 bridgehead atoms. The van der Waals surface area contributed by atoms with Crippen LogP contribution in [0.5, 0.6) is 0 Å². The number of carbonyl (C=O) groups is 1. The number of halogens is 2. The highest BCUT2D eigenvalue weighted by Crippen LogP contribution is 2.28. The maximum Gasteiger partial charge on any atom is 0.288 e. The van der Waals surface area contributed by atoms with Crippen molar-refractivity contribution >= 4 is 44.8 Å². The van der Waals surface area contributed by atoms with Crippen molar-refractivity contribution in [2.45, 2.75) is 22.1 Å². The second kappa shape index (κ2) is 11.4. The van der Waals surface area contributed by atoms with E-state index in [4.69, 9.17) is 4.42 Å². The van der Waals surface area contributed by atoms with Crippen LogP contribution in [-0.2, 0) is 16.6 Å². The Bertz CT molecular complexity index is 1430. The third-order valence-corrected chi connectivity index (χ3v) is 7.07. The Hall–Kier alpha value is -3.67. The number of amides is 1. The fraction of sp³-hybridized carbons (Fsp3) is 0.0800. The average molecular weight is 530 g/mol. The van der Waals surface area contributed by atoms with E-state index in [9.17, 15) is 22.0 Å². The van der Waals surface area contributed by atoms with Gasteiger partial charge in [0.05, 0.1) is 29.0 Å². The third kappa shape index (κ3) is 6.72. The van der Waals surface area contributed by atoms with E-state index in [2.05, 4.69) is 15.4 Å². The maximum atomic E-state index is 13.0. The topological polar surface area (TPSA) is 100 Å². The van der Waals surface area contributed by atoms with Crippen LogP contribution in [0.1, 0.15) is 16.1 Å². The number of sulfonamides is 1. The van der Waals surface area contributed by atoms with Gasteiger partial charge < -0.3 is 15.1 Å². The average Bonchev–Trinajstić information content (AvgIpc) is 3.38. The lowest BCUT2D eigenvalue weighted by Crippen LogP contribution is -2.23. The van der Waals surface area contributed by atoms with Gasteiger partial charge >= 0.3 is 0 Å². The van der Waals surface area contributed by atoms with Gasteiger partial charge in [-0.3, -0.25) is 4.79 Å². The van der Waals surface area contributed by atoms with Crippen LogP contribution in [0.4, 0.5) is 25.8 Å².